The van der Waals surface area contributed by atoms with Gasteiger partial charge in [0.05, 0.1) is 19.1 Å². The molecule has 2 rings (SSSR count). The van der Waals surface area contributed by atoms with Crippen LogP contribution in [-0.2, 0) is 9.59 Å². The van der Waals surface area contributed by atoms with Crippen molar-refractivity contribution in [1.82, 2.24) is 10.6 Å². The van der Waals surface area contributed by atoms with E-state index in [1.807, 2.05) is 13.8 Å². The van der Waals surface area contributed by atoms with E-state index in [1.54, 1.807) is 61.7 Å². The summed E-state index contributed by atoms with van der Waals surface area (Å²) in [6, 6.07) is 14.1. The highest BCUT2D eigenvalue weighted by Crippen LogP contribution is 2.14. The summed E-state index contributed by atoms with van der Waals surface area (Å²) in [6.07, 6.45) is 1.67. The van der Waals surface area contributed by atoms with Gasteiger partial charge in [0.1, 0.15) is 11.4 Å². The molecule has 2 aromatic carbocycles. The molecule has 7 nitrogen and oxygen atoms in total. The molecule has 2 aromatic rings. The summed E-state index contributed by atoms with van der Waals surface area (Å²) in [5.74, 6) is -1.92. The number of hydrogen-bond donors (Lipinski definition) is 2. The summed E-state index contributed by atoms with van der Waals surface area (Å²) < 4.78 is 5.12. The quantitative estimate of drug-likeness (QED) is 0.614. The van der Waals surface area contributed by atoms with Gasteiger partial charge in [0.15, 0.2) is 0 Å². The first-order chi connectivity index (χ1) is 14.3. The first kappa shape index (κ1) is 22.7. The van der Waals surface area contributed by atoms with Gasteiger partial charge in [-0.2, -0.15) is 0 Å². The fourth-order valence-corrected chi connectivity index (χ4v) is 2.73. The van der Waals surface area contributed by atoms with Gasteiger partial charge in [0.25, 0.3) is 11.8 Å². The Kier molecular flexibility index (Phi) is 8.17. The lowest BCUT2D eigenvalue weighted by atomic mass is 10.0. The highest BCUT2D eigenvalue weighted by atomic mass is 16.5. The van der Waals surface area contributed by atoms with Gasteiger partial charge in [0, 0.05) is 5.56 Å². The van der Waals surface area contributed by atoms with Crippen molar-refractivity contribution in [3.63, 3.8) is 0 Å². The van der Waals surface area contributed by atoms with Crippen LogP contribution >= 0.6 is 0 Å². The second-order valence-corrected chi connectivity index (χ2v) is 7.13. The van der Waals surface area contributed by atoms with E-state index in [-0.39, 0.29) is 18.0 Å². The number of carboxylic acid groups (broad SMARTS) is 1. The lowest BCUT2D eigenvalue weighted by Crippen LogP contribution is -2.50. The fourth-order valence-electron chi connectivity index (χ4n) is 2.73. The maximum absolute atomic E-state index is 12.8. The Bertz CT molecular complexity index is 905. The molecule has 0 spiro atoms. The van der Waals surface area contributed by atoms with E-state index in [4.69, 9.17) is 4.74 Å². The molecule has 1 atom stereocenters. The lowest BCUT2D eigenvalue weighted by molar-refractivity contribution is -0.308. The molecule has 0 bridgehead atoms. The lowest BCUT2D eigenvalue weighted by Gasteiger charge is -2.22. The number of amides is 2. The van der Waals surface area contributed by atoms with E-state index >= 15 is 0 Å². The number of benzene rings is 2. The smallest absolute Gasteiger partial charge is 0.268 e. The predicted molar refractivity (Wildman–Crippen MR) is 111 cm³/mol. The molecule has 0 unspecified atom stereocenters. The van der Waals surface area contributed by atoms with Crippen molar-refractivity contribution >= 4 is 23.9 Å². The number of hydrogen-bond acceptors (Lipinski definition) is 5. The Morgan fingerprint density at radius 2 is 1.67 bits per heavy atom. The minimum Gasteiger partial charge on any atom is -0.548 e. The molecule has 0 aliphatic rings. The second-order valence-electron chi connectivity index (χ2n) is 7.13. The molecule has 2 N–H and O–H groups in total. The summed E-state index contributed by atoms with van der Waals surface area (Å²) in [6.45, 7) is 3.68. The number of carbonyl (C=O) groups excluding carboxylic acids is 3. The Labute approximate surface area is 175 Å². The van der Waals surface area contributed by atoms with Crippen LogP contribution in [0.25, 0.3) is 6.08 Å². The molecule has 0 aromatic heterocycles. The van der Waals surface area contributed by atoms with Crippen LogP contribution in [0.5, 0.6) is 5.75 Å². The Balaban J connectivity index is 2.31. The second kappa shape index (κ2) is 10.8. The summed E-state index contributed by atoms with van der Waals surface area (Å²) in [7, 11) is 1.54. The van der Waals surface area contributed by atoms with Crippen molar-refractivity contribution in [3.05, 3.63) is 71.4 Å². The van der Waals surface area contributed by atoms with Crippen LogP contribution in [0.4, 0.5) is 0 Å². The first-order valence-corrected chi connectivity index (χ1v) is 9.54. The van der Waals surface area contributed by atoms with Gasteiger partial charge < -0.3 is 25.3 Å². The number of nitrogens with one attached hydrogen (secondary N) is 2. The first-order valence-electron chi connectivity index (χ1n) is 9.54. The summed E-state index contributed by atoms with van der Waals surface area (Å²) in [5.41, 5.74) is 0.914. The van der Waals surface area contributed by atoms with Gasteiger partial charge in [0.2, 0.25) is 0 Å². The summed E-state index contributed by atoms with van der Waals surface area (Å²) >= 11 is 0. The zero-order valence-electron chi connectivity index (χ0n) is 17.2. The van der Waals surface area contributed by atoms with Gasteiger partial charge in [-0.3, -0.25) is 9.59 Å². The Morgan fingerprint density at radius 3 is 2.20 bits per heavy atom. The standard InChI is InChI=1S/C23H26N2O5/c1-15(2)13-20(23(28)29)25-22(27)19(14-16-9-11-18(30-3)12-10-16)24-21(26)17-7-5-4-6-8-17/h4-12,14-15,20H,13H2,1-3H3,(H,24,26)(H,25,27)(H,28,29)/p-1/t20-/m1/s1. The molecule has 2 amide bonds. The average Bonchev–Trinajstić information content (AvgIpc) is 2.73. The third-order valence-electron chi connectivity index (χ3n) is 4.25. The van der Waals surface area contributed by atoms with Crippen molar-refractivity contribution in [2.45, 2.75) is 26.3 Å². The van der Waals surface area contributed by atoms with Crippen LogP contribution in [0, 0.1) is 5.92 Å². The van der Waals surface area contributed by atoms with Gasteiger partial charge in [-0.05, 0) is 48.2 Å². The van der Waals surface area contributed by atoms with Gasteiger partial charge in [-0.1, -0.05) is 44.2 Å². The summed E-state index contributed by atoms with van der Waals surface area (Å²) in [5, 5.41) is 16.4. The fraction of sp³-hybridized carbons (Fsp3) is 0.261. The Morgan fingerprint density at radius 1 is 1.03 bits per heavy atom. The number of carboxylic acids is 1. The third kappa shape index (κ3) is 6.77. The monoisotopic (exact) mass is 409 g/mol. The van der Waals surface area contributed by atoms with Crippen LogP contribution in [0.15, 0.2) is 60.3 Å². The van der Waals surface area contributed by atoms with Crippen LogP contribution in [0.2, 0.25) is 0 Å². The summed E-state index contributed by atoms with van der Waals surface area (Å²) in [4.78, 5) is 36.8. The van der Waals surface area contributed by atoms with Gasteiger partial charge in [-0.15, -0.1) is 0 Å². The molecule has 0 radical (unpaired) electrons. The minimum absolute atomic E-state index is 0.0288. The highest BCUT2D eigenvalue weighted by molar-refractivity contribution is 6.06. The molecule has 0 aliphatic carbocycles. The van der Waals surface area contributed by atoms with Crippen molar-refractivity contribution in [2.75, 3.05) is 7.11 Å². The molecular formula is C23H25N2O5-. The van der Waals surface area contributed by atoms with Crippen molar-refractivity contribution in [3.8, 4) is 5.75 Å². The van der Waals surface area contributed by atoms with Crippen LogP contribution in [-0.4, -0.2) is 30.9 Å². The zero-order chi connectivity index (χ0) is 22.1. The van der Waals surface area contributed by atoms with Crippen LogP contribution < -0.4 is 20.5 Å². The van der Waals surface area contributed by atoms with Gasteiger partial charge >= 0.3 is 0 Å². The molecule has 158 valence electrons. The molecule has 0 aliphatic heterocycles. The maximum Gasteiger partial charge on any atom is 0.268 e. The SMILES string of the molecule is COc1ccc(C=C(NC(=O)c2ccccc2)C(=O)N[C@H](CC(C)C)C(=O)[O-])cc1. The normalized spacial score (nSPS) is 12.2. The molecular weight excluding hydrogens is 384 g/mol. The molecule has 7 heteroatoms. The molecule has 0 saturated heterocycles. The molecule has 0 fully saturated rings. The number of ether oxygens (including phenoxy) is 1. The third-order valence-corrected chi connectivity index (χ3v) is 4.25. The Hall–Kier alpha value is -3.61. The van der Waals surface area contributed by atoms with Gasteiger partial charge in [-0.25, -0.2) is 0 Å². The minimum atomic E-state index is -1.38. The van der Waals surface area contributed by atoms with E-state index in [1.165, 1.54) is 6.08 Å². The van der Waals surface area contributed by atoms with Crippen LogP contribution in [0.3, 0.4) is 0 Å². The number of carbonyl (C=O) groups is 3. The number of rotatable bonds is 9. The average molecular weight is 409 g/mol. The maximum atomic E-state index is 12.8. The molecule has 30 heavy (non-hydrogen) atoms. The van der Waals surface area contributed by atoms with Crippen molar-refractivity contribution in [2.24, 2.45) is 5.92 Å². The number of methoxy groups -OCH3 is 1. The predicted octanol–water partition coefficient (Wildman–Crippen LogP) is 1.75. The van der Waals surface area contributed by atoms with E-state index in [0.717, 1.165) is 0 Å². The highest BCUT2D eigenvalue weighted by Gasteiger charge is 2.20. The largest absolute Gasteiger partial charge is 0.548 e. The van der Waals surface area contributed by atoms with Crippen LogP contribution in [0.1, 0.15) is 36.2 Å². The molecule has 0 saturated carbocycles. The van der Waals surface area contributed by atoms with Crippen molar-refractivity contribution < 1.29 is 24.2 Å². The topological polar surface area (TPSA) is 108 Å². The van der Waals surface area contributed by atoms with E-state index < -0.39 is 23.8 Å². The molecule has 0 heterocycles. The van der Waals surface area contributed by atoms with Crippen molar-refractivity contribution in [1.29, 1.82) is 0 Å². The van der Waals surface area contributed by atoms with E-state index in [9.17, 15) is 19.5 Å². The van der Waals surface area contributed by atoms with E-state index in [2.05, 4.69) is 10.6 Å². The number of aliphatic carboxylic acids is 1. The zero-order valence-corrected chi connectivity index (χ0v) is 17.2. The van der Waals surface area contributed by atoms with E-state index in [0.29, 0.717) is 16.9 Å².